The molecule has 2 heterocycles. The van der Waals surface area contributed by atoms with Gasteiger partial charge in [-0.05, 0) is 26.3 Å². The number of aromatic nitrogens is 4. The van der Waals surface area contributed by atoms with Gasteiger partial charge in [0, 0.05) is 18.2 Å². The van der Waals surface area contributed by atoms with Gasteiger partial charge in [0.1, 0.15) is 5.75 Å². The molecular weight excluding hydrogens is 344 g/mol. The summed E-state index contributed by atoms with van der Waals surface area (Å²) >= 11 is 0. The Morgan fingerprint density at radius 3 is 2.63 bits per heavy atom. The van der Waals surface area contributed by atoms with Crippen molar-refractivity contribution in [3.05, 3.63) is 36.2 Å². The van der Waals surface area contributed by atoms with Crippen molar-refractivity contribution < 1.29 is 10.2 Å². The Balaban J connectivity index is 1.97. The van der Waals surface area contributed by atoms with Gasteiger partial charge in [0.2, 0.25) is 5.95 Å². The van der Waals surface area contributed by atoms with Crippen molar-refractivity contribution in [3.8, 4) is 5.75 Å². The van der Waals surface area contributed by atoms with Gasteiger partial charge in [-0.3, -0.25) is 0 Å². The summed E-state index contributed by atoms with van der Waals surface area (Å²) < 4.78 is 1.98. The van der Waals surface area contributed by atoms with E-state index in [4.69, 9.17) is 0 Å². The number of nitrogens with one attached hydrogen (secondary N) is 2. The molecule has 0 aliphatic carbocycles. The predicted molar refractivity (Wildman–Crippen MR) is 106 cm³/mol. The second kappa shape index (κ2) is 8.22. The molecule has 1 atom stereocenters. The van der Waals surface area contributed by atoms with Crippen LogP contribution in [0.25, 0.3) is 11.2 Å². The number of imidazole rings is 1. The number of aromatic hydroxyl groups is 1. The maximum Gasteiger partial charge on any atom is 0.227 e. The molecule has 0 aliphatic heterocycles. The summed E-state index contributed by atoms with van der Waals surface area (Å²) in [7, 11) is 0. The number of para-hydroxylation sites is 1. The monoisotopic (exact) mass is 370 g/mol. The van der Waals surface area contributed by atoms with Crippen molar-refractivity contribution in [3.63, 3.8) is 0 Å². The number of fused-ring (bicyclic) bond motifs is 1. The fourth-order valence-electron chi connectivity index (χ4n) is 2.78. The van der Waals surface area contributed by atoms with Gasteiger partial charge >= 0.3 is 0 Å². The molecule has 3 aromatic rings. The van der Waals surface area contributed by atoms with Gasteiger partial charge in [-0.2, -0.15) is 9.97 Å². The van der Waals surface area contributed by atoms with E-state index in [1.54, 1.807) is 18.5 Å². The molecule has 8 nitrogen and oxygen atoms in total. The fourth-order valence-corrected chi connectivity index (χ4v) is 2.78. The zero-order valence-corrected chi connectivity index (χ0v) is 15.8. The number of anilines is 2. The van der Waals surface area contributed by atoms with Crippen LogP contribution in [-0.2, 0) is 6.54 Å². The first-order valence-corrected chi connectivity index (χ1v) is 9.16. The first-order chi connectivity index (χ1) is 13.0. The number of phenols is 1. The minimum absolute atomic E-state index is 0.00197. The molecular formula is C19H26N6O2. The normalized spacial score (nSPS) is 12.5. The Bertz CT molecular complexity index is 904. The molecule has 0 saturated carbocycles. The van der Waals surface area contributed by atoms with E-state index in [1.807, 2.05) is 23.6 Å². The third kappa shape index (κ3) is 4.11. The summed E-state index contributed by atoms with van der Waals surface area (Å²) in [5.74, 6) is 1.25. The number of phenolic OH excluding ortho intramolecular Hbond substituents is 1. The molecule has 0 spiro atoms. The van der Waals surface area contributed by atoms with Gasteiger partial charge < -0.3 is 25.4 Å². The molecule has 2 aromatic heterocycles. The standard InChI is InChI=1S/C19H26N6O2/c1-4-14(10-26)22-19-23-17(20-9-13-7-5-6-8-15(13)27)16-18(24-19)25(11-21-16)12(2)3/h5-8,11-12,14,26-27H,4,9-10H2,1-3H3,(H2,20,22,23,24)/t14-/m1/s1. The maximum absolute atomic E-state index is 9.98. The Labute approximate surface area is 158 Å². The molecule has 3 rings (SSSR count). The maximum atomic E-state index is 9.98. The lowest BCUT2D eigenvalue weighted by Crippen LogP contribution is -2.24. The lowest BCUT2D eigenvalue weighted by Gasteiger charge is -2.16. The van der Waals surface area contributed by atoms with Crippen LogP contribution in [-0.4, -0.2) is 42.4 Å². The van der Waals surface area contributed by atoms with Crippen molar-refractivity contribution >= 4 is 22.9 Å². The quantitative estimate of drug-likeness (QED) is 0.483. The van der Waals surface area contributed by atoms with Gasteiger partial charge in [0.25, 0.3) is 0 Å². The fraction of sp³-hybridized carbons (Fsp3) is 0.421. The van der Waals surface area contributed by atoms with Gasteiger partial charge in [0.05, 0.1) is 19.0 Å². The Kier molecular flexibility index (Phi) is 5.75. The molecule has 0 bridgehead atoms. The molecule has 0 unspecified atom stereocenters. The van der Waals surface area contributed by atoms with E-state index in [9.17, 15) is 10.2 Å². The molecule has 0 radical (unpaired) electrons. The van der Waals surface area contributed by atoms with Crippen LogP contribution in [0.15, 0.2) is 30.6 Å². The first-order valence-electron chi connectivity index (χ1n) is 9.16. The summed E-state index contributed by atoms with van der Waals surface area (Å²) in [6, 6.07) is 7.24. The van der Waals surface area contributed by atoms with Crippen LogP contribution < -0.4 is 10.6 Å². The molecule has 4 N–H and O–H groups in total. The average molecular weight is 370 g/mol. The van der Waals surface area contributed by atoms with E-state index in [-0.39, 0.29) is 24.4 Å². The Hall–Kier alpha value is -2.87. The van der Waals surface area contributed by atoms with Crippen LogP contribution in [0, 0.1) is 0 Å². The highest BCUT2D eigenvalue weighted by Gasteiger charge is 2.16. The Morgan fingerprint density at radius 1 is 1.19 bits per heavy atom. The van der Waals surface area contributed by atoms with Crippen LogP contribution in [0.3, 0.4) is 0 Å². The smallest absolute Gasteiger partial charge is 0.227 e. The molecule has 27 heavy (non-hydrogen) atoms. The Morgan fingerprint density at radius 2 is 1.96 bits per heavy atom. The third-order valence-corrected chi connectivity index (χ3v) is 4.46. The molecule has 8 heteroatoms. The summed E-state index contributed by atoms with van der Waals surface area (Å²) in [6.07, 6.45) is 2.50. The molecule has 0 fully saturated rings. The summed E-state index contributed by atoms with van der Waals surface area (Å²) in [5.41, 5.74) is 2.15. The molecule has 0 amide bonds. The molecule has 0 aliphatic rings. The van der Waals surface area contributed by atoms with Gasteiger partial charge in [-0.15, -0.1) is 0 Å². The number of hydrogen-bond donors (Lipinski definition) is 4. The van der Waals surface area contributed by atoms with Crippen molar-refractivity contribution in [2.24, 2.45) is 0 Å². The summed E-state index contributed by atoms with van der Waals surface area (Å²) in [5, 5.41) is 25.9. The first kappa shape index (κ1) is 18.9. The number of rotatable bonds is 8. The van der Waals surface area contributed by atoms with Gasteiger partial charge in [-0.1, -0.05) is 25.1 Å². The summed E-state index contributed by atoms with van der Waals surface area (Å²) in [6.45, 7) is 6.52. The molecule has 1 aromatic carbocycles. The number of benzene rings is 1. The highest BCUT2D eigenvalue weighted by Crippen LogP contribution is 2.25. The van der Waals surface area contributed by atoms with E-state index < -0.39 is 0 Å². The molecule has 144 valence electrons. The van der Waals surface area contributed by atoms with Crippen LogP contribution in [0.4, 0.5) is 11.8 Å². The van der Waals surface area contributed by atoms with Crippen molar-refractivity contribution in [2.75, 3.05) is 17.2 Å². The number of aliphatic hydroxyl groups is 1. The van der Waals surface area contributed by atoms with E-state index >= 15 is 0 Å². The predicted octanol–water partition coefficient (Wildman–Crippen LogP) is 2.91. The number of hydrogen-bond acceptors (Lipinski definition) is 7. The topological polar surface area (TPSA) is 108 Å². The third-order valence-electron chi connectivity index (χ3n) is 4.46. The average Bonchev–Trinajstić information content (AvgIpc) is 3.09. The largest absolute Gasteiger partial charge is 0.508 e. The van der Waals surface area contributed by atoms with Crippen molar-refractivity contribution in [1.29, 1.82) is 0 Å². The number of aliphatic hydroxyl groups excluding tert-OH is 1. The minimum Gasteiger partial charge on any atom is -0.508 e. The SMILES string of the molecule is CC[C@H](CO)Nc1nc(NCc2ccccc2O)c2ncn(C(C)C)c2n1. The second-order valence-electron chi connectivity index (χ2n) is 6.73. The van der Waals surface area contributed by atoms with Crippen LogP contribution in [0.1, 0.15) is 38.8 Å². The van der Waals surface area contributed by atoms with Gasteiger partial charge in [0.15, 0.2) is 17.0 Å². The van der Waals surface area contributed by atoms with Crippen molar-refractivity contribution in [2.45, 2.75) is 45.8 Å². The summed E-state index contributed by atoms with van der Waals surface area (Å²) in [4.78, 5) is 13.6. The van der Waals surface area contributed by atoms with E-state index in [0.29, 0.717) is 23.8 Å². The van der Waals surface area contributed by atoms with Crippen molar-refractivity contribution in [1.82, 2.24) is 19.5 Å². The van der Waals surface area contributed by atoms with Crippen LogP contribution >= 0.6 is 0 Å². The molecule has 0 saturated heterocycles. The van der Waals surface area contributed by atoms with Gasteiger partial charge in [-0.25, -0.2) is 4.98 Å². The second-order valence-corrected chi connectivity index (χ2v) is 6.73. The highest BCUT2D eigenvalue weighted by molar-refractivity contribution is 5.84. The van der Waals surface area contributed by atoms with E-state index in [1.165, 1.54) is 0 Å². The van der Waals surface area contributed by atoms with E-state index in [2.05, 4.69) is 39.4 Å². The van der Waals surface area contributed by atoms with E-state index in [0.717, 1.165) is 17.6 Å². The zero-order chi connectivity index (χ0) is 19.4. The highest BCUT2D eigenvalue weighted by atomic mass is 16.3. The lowest BCUT2D eigenvalue weighted by atomic mass is 10.2. The number of nitrogens with zero attached hydrogens (tertiary/aromatic N) is 4. The van der Waals surface area contributed by atoms with Crippen LogP contribution in [0.2, 0.25) is 0 Å². The van der Waals surface area contributed by atoms with Crippen LogP contribution in [0.5, 0.6) is 5.75 Å². The zero-order valence-electron chi connectivity index (χ0n) is 15.8. The lowest BCUT2D eigenvalue weighted by molar-refractivity contribution is 0.271. The minimum atomic E-state index is -0.121.